The van der Waals surface area contributed by atoms with Crippen molar-refractivity contribution in [1.82, 2.24) is 19.1 Å². The number of rotatable bonds is 4. The van der Waals surface area contributed by atoms with Gasteiger partial charge in [0.2, 0.25) is 0 Å². The molecule has 71 heavy (non-hydrogen) atoms. The molecular formula is C67H40N4. The fourth-order valence-corrected chi connectivity index (χ4v) is 13.0. The molecule has 0 unspecified atom stereocenters. The Balaban J connectivity index is 1.02. The van der Waals surface area contributed by atoms with Crippen molar-refractivity contribution in [3.63, 3.8) is 0 Å². The Morgan fingerprint density at radius 2 is 0.563 bits per heavy atom. The fraction of sp³-hybridized carbons (Fsp3) is 0.0149. The molecule has 14 aromatic rings. The van der Waals surface area contributed by atoms with Gasteiger partial charge in [0, 0.05) is 44.0 Å². The fourth-order valence-electron chi connectivity index (χ4n) is 13.0. The molecule has 0 saturated carbocycles. The molecule has 2 aliphatic carbocycles. The van der Waals surface area contributed by atoms with Crippen molar-refractivity contribution in [3.8, 4) is 56.4 Å². The van der Waals surface area contributed by atoms with Gasteiger partial charge in [0.25, 0.3) is 0 Å². The van der Waals surface area contributed by atoms with Gasteiger partial charge in [-0.3, -0.25) is 9.13 Å². The first kappa shape index (κ1) is 38.6. The monoisotopic (exact) mass is 900 g/mol. The Hall–Kier alpha value is -9.38. The summed E-state index contributed by atoms with van der Waals surface area (Å²) in [4.78, 5) is 11.6. The minimum atomic E-state index is -0.629. The molecule has 328 valence electrons. The maximum atomic E-state index is 5.80. The molecule has 0 radical (unpaired) electrons. The quantitative estimate of drug-likeness (QED) is 0.165. The summed E-state index contributed by atoms with van der Waals surface area (Å²) >= 11 is 0. The Morgan fingerprint density at radius 1 is 0.254 bits per heavy atom. The minimum Gasteiger partial charge on any atom is -0.292 e. The number of hydrogen-bond donors (Lipinski definition) is 0. The molecule has 4 heteroatoms. The number of benzene rings is 12. The van der Waals surface area contributed by atoms with Crippen molar-refractivity contribution in [2.24, 2.45) is 0 Å². The average molecular weight is 901 g/mol. The smallest absolute Gasteiger partial charge is 0.146 e. The largest absolute Gasteiger partial charge is 0.292 e. The predicted octanol–water partition coefficient (Wildman–Crippen LogP) is 16.7. The van der Waals surface area contributed by atoms with E-state index in [1.54, 1.807) is 0 Å². The van der Waals surface area contributed by atoms with Crippen molar-refractivity contribution in [3.05, 3.63) is 265 Å². The van der Waals surface area contributed by atoms with Crippen LogP contribution in [0.2, 0.25) is 0 Å². The first-order valence-electron chi connectivity index (χ1n) is 24.5. The summed E-state index contributed by atoms with van der Waals surface area (Å²) in [7, 11) is 0. The lowest BCUT2D eigenvalue weighted by atomic mass is 9.70. The third kappa shape index (κ3) is 4.98. The van der Waals surface area contributed by atoms with Gasteiger partial charge in [0.1, 0.15) is 11.6 Å². The Bertz CT molecular complexity index is 4280. The SMILES string of the molecule is c1ccc(-n2c(-c3cccc4c3-c3ccccc3C43c4ccccc4-c4c(-c5nc6c7ccccc7c7ccccc7c6n5-c5ccccc5)cccc43)nc3c4ccccc4c4ccccc4c32)cc1. The zero-order chi connectivity index (χ0) is 46.4. The van der Waals surface area contributed by atoms with Crippen LogP contribution >= 0.6 is 0 Å². The second-order valence-corrected chi connectivity index (χ2v) is 19.1. The lowest BCUT2D eigenvalue weighted by Crippen LogP contribution is -2.25. The van der Waals surface area contributed by atoms with Crippen LogP contribution in [0.4, 0.5) is 0 Å². The summed E-state index contributed by atoms with van der Waals surface area (Å²) in [5.74, 6) is 1.85. The molecule has 0 amide bonds. The van der Waals surface area contributed by atoms with Crippen LogP contribution in [-0.4, -0.2) is 19.1 Å². The second kappa shape index (κ2) is 14.3. The van der Waals surface area contributed by atoms with E-state index in [1.165, 1.54) is 76.8 Å². The van der Waals surface area contributed by atoms with Crippen LogP contribution in [-0.2, 0) is 5.41 Å². The van der Waals surface area contributed by atoms with E-state index in [0.717, 1.165) is 67.0 Å². The zero-order valence-corrected chi connectivity index (χ0v) is 38.4. The molecule has 0 aliphatic heterocycles. The lowest BCUT2D eigenvalue weighted by Gasteiger charge is -2.30. The van der Waals surface area contributed by atoms with Crippen LogP contribution in [0.1, 0.15) is 22.3 Å². The highest BCUT2D eigenvalue weighted by Crippen LogP contribution is 2.65. The Kier molecular flexibility index (Phi) is 7.79. The van der Waals surface area contributed by atoms with Gasteiger partial charge in [-0.1, -0.05) is 218 Å². The highest BCUT2D eigenvalue weighted by atomic mass is 15.1. The number of nitrogens with zero attached hydrogens (tertiary/aromatic N) is 4. The van der Waals surface area contributed by atoms with Crippen LogP contribution in [0.25, 0.3) is 122 Å². The first-order valence-corrected chi connectivity index (χ1v) is 24.5. The molecule has 16 rings (SSSR count). The van der Waals surface area contributed by atoms with Gasteiger partial charge in [-0.2, -0.15) is 0 Å². The number of para-hydroxylation sites is 2. The third-order valence-corrected chi connectivity index (χ3v) is 15.7. The summed E-state index contributed by atoms with van der Waals surface area (Å²) in [6.07, 6.45) is 0. The summed E-state index contributed by atoms with van der Waals surface area (Å²) in [5, 5.41) is 9.52. The number of fused-ring (bicyclic) bond motifs is 22. The normalized spacial score (nSPS) is 13.2. The molecule has 2 heterocycles. The average Bonchev–Trinajstić information content (AvgIpc) is 4.21. The van der Waals surface area contributed by atoms with Crippen molar-refractivity contribution in [2.75, 3.05) is 0 Å². The van der Waals surface area contributed by atoms with Crippen molar-refractivity contribution in [1.29, 1.82) is 0 Å². The van der Waals surface area contributed by atoms with E-state index in [1.807, 2.05) is 0 Å². The van der Waals surface area contributed by atoms with Gasteiger partial charge in [0.05, 0.1) is 27.5 Å². The zero-order valence-electron chi connectivity index (χ0n) is 38.4. The van der Waals surface area contributed by atoms with E-state index in [4.69, 9.17) is 9.97 Å². The third-order valence-electron chi connectivity index (χ3n) is 15.7. The highest BCUT2D eigenvalue weighted by molar-refractivity contribution is 6.26. The molecule has 0 atom stereocenters. The van der Waals surface area contributed by atoms with Crippen LogP contribution < -0.4 is 0 Å². The summed E-state index contributed by atoms with van der Waals surface area (Å²) in [6.45, 7) is 0. The number of imidazole rings is 2. The summed E-state index contributed by atoms with van der Waals surface area (Å²) in [5.41, 5.74) is 17.9. The molecule has 2 aromatic heterocycles. The van der Waals surface area contributed by atoms with Crippen LogP contribution in [0, 0.1) is 0 Å². The van der Waals surface area contributed by atoms with E-state index in [-0.39, 0.29) is 0 Å². The van der Waals surface area contributed by atoms with E-state index in [0.29, 0.717) is 0 Å². The van der Waals surface area contributed by atoms with E-state index in [9.17, 15) is 0 Å². The molecule has 12 aromatic carbocycles. The molecule has 4 nitrogen and oxygen atoms in total. The van der Waals surface area contributed by atoms with E-state index < -0.39 is 5.41 Å². The molecule has 0 N–H and O–H groups in total. The molecule has 0 bridgehead atoms. The van der Waals surface area contributed by atoms with Crippen molar-refractivity contribution < 1.29 is 0 Å². The van der Waals surface area contributed by atoms with Crippen LogP contribution in [0.15, 0.2) is 243 Å². The van der Waals surface area contributed by atoms with Gasteiger partial charge in [-0.15, -0.1) is 0 Å². The van der Waals surface area contributed by atoms with E-state index in [2.05, 4.69) is 252 Å². The van der Waals surface area contributed by atoms with Crippen molar-refractivity contribution >= 4 is 65.2 Å². The Morgan fingerprint density at radius 3 is 0.986 bits per heavy atom. The van der Waals surface area contributed by atoms with E-state index >= 15 is 0 Å². The van der Waals surface area contributed by atoms with Gasteiger partial charge < -0.3 is 0 Å². The molecular weight excluding hydrogens is 861 g/mol. The van der Waals surface area contributed by atoms with Gasteiger partial charge in [-0.05, 0) is 90.3 Å². The van der Waals surface area contributed by atoms with Crippen molar-refractivity contribution in [2.45, 2.75) is 5.41 Å². The molecule has 0 saturated heterocycles. The number of hydrogen-bond acceptors (Lipinski definition) is 2. The van der Waals surface area contributed by atoms with Gasteiger partial charge in [0.15, 0.2) is 0 Å². The summed E-state index contributed by atoms with van der Waals surface area (Å²) in [6, 6.07) is 88.9. The highest BCUT2D eigenvalue weighted by Gasteiger charge is 2.53. The lowest BCUT2D eigenvalue weighted by molar-refractivity contribution is 0.794. The maximum absolute atomic E-state index is 5.80. The first-order chi connectivity index (χ1) is 35.3. The van der Waals surface area contributed by atoms with Crippen LogP contribution in [0.5, 0.6) is 0 Å². The second-order valence-electron chi connectivity index (χ2n) is 19.1. The minimum absolute atomic E-state index is 0.629. The Labute approximate surface area is 409 Å². The maximum Gasteiger partial charge on any atom is 0.146 e. The number of aromatic nitrogens is 4. The van der Waals surface area contributed by atoms with Gasteiger partial charge in [-0.25, -0.2) is 9.97 Å². The standard InChI is InChI=1S/C67H40N4/c1-3-21-41(22-4-1)70-63-49-31-13-9-27-45(49)43-25-7-11-29-47(43)61(63)68-65(70)53-35-19-39-57-59(53)51-33-15-17-37-55(51)67(57)56-38-18-16-34-52(56)60-54(36-20-40-58(60)67)66-69-62-48-30-12-8-26-44(48)46-28-10-14-32-50(46)64(62)71(66)42-23-5-2-6-24-42/h1-40H. The summed E-state index contributed by atoms with van der Waals surface area (Å²) < 4.78 is 4.84. The molecule has 2 aliphatic rings. The molecule has 1 spiro atoms. The topological polar surface area (TPSA) is 35.6 Å². The van der Waals surface area contributed by atoms with Gasteiger partial charge >= 0.3 is 0 Å². The molecule has 0 fully saturated rings. The predicted molar refractivity (Wildman–Crippen MR) is 293 cm³/mol. The van der Waals surface area contributed by atoms with Crippen LogP contribution in [0.3, 0.4) is 0 Å².